The van der Waals surface area contributed by atoms with E-state index in [-0.39, 0.29) is 12.4 Å². The Morgan fingerprint density at radius 1 is 0.880 bits per heavy atom. The van der Waals surface area contributed by atoms with Crippen molar-refractivity contribution in [3.8, 4) is 34.1 Å². The highest BCUT2D eigenvalue weighted by molar-refractivity contribution is 5.91. The van der Waals surface area contributed by atoms with Crippen LogP contribution in [0, 0.1) is 0 Å². The molecule has 0 bridgehead atoms. The molecule has 0 atom stereocenters. The Morgan fingerprint density at radius 2 is 1.68 bits per heavy atom. The molecule has 4 rings (SSSR count). The largest absolute Gasteiger partial charge is 0.478 e. The van der Waals surface area contributed by atoms with Crippen LogP contribution in [0.15, 0.2) is 66.7 Å². The van der Waals surface area contributed by atoms with Crippen molar-refractivity contribution in [3.05, 3.63) is 72.3 Å². The number of carbonyl (C=O) groups is 1. The lowest BCUT2D eigenvalue weighted by molar-refractivity contribution is 0.0694. The van der Waals surface area contributed by atoms with Gasteiger partial charge in [0.25, 0.3) is 0 Å². The fourth-order valence-corrected chi connectivity index (χ4v) is 2.67. The van der Waals surface area contributed by atoms with Crippen LogP contribution in [0.3, 0.4) is 0 Å². The third kappa shape index (κ3) is 2.99. The summed E-state index contributed by atoms with van der Waals surface area (Å²) in [5, 5.41) is 9.26. The second kappa shape index (κ2) is 6.20. The van der Waals surface area contributed by atoms with Gasteiger partial charge >= 0.3 is 5.97 Å². The average molecular weight is 334 g/mol. The van der Waals surface area contributed by atoms with Crippen LogP contribution in [0.1, 0.15) is 10.4 Å². The third-order valence-electron chi connectivity index (χ3n) is 3.89. The minimum absolute atomic E-state index is 0.121. The summed E-state index contributed by atoms with van der Waals surface area (Å²) >= 11 is 0. The molecular formula is C20H14O5. The van der Waals surface area contributed by atoms with E-state index in [1.807, 2.05) is 36.4 Å². The zero-order valence-corrected chi connectivity index (χ0v) is 13.1. The number of hydrogen-bond acceptors (Lipinski definition) is 4. The van der Waals surface area contributed by atoms with Crippen LogP contribution in [0.2, 0.25) is 0 Å². The molecule has 1 heterocycles. The van der Waals surface area contributed by atoms with Crippen molar-refractivity contribution < 1.29 is 24.1 Å². The minimum atomic E-state index is -1.03. The van der Waals surface area contributed by atoms with Gasteiger partial charge in [0.05, 0.1) is 0 Å². The van der Waals surface area contributed by atoms with Crippen LogP contribution in [-0.4, -0.2) is 17.9 Å². The van der Waals surface area contributed by atoms with Crippen LogP contribution in [0.5, 0.6) is 23.0 Å². The van der Waals surface area contributed by atoms with Crippen molar-refractivity contribution in [3.63, 3.8) is 0 Å². The third-order valence-corrected chi connectivity index (χ3v) is 3.89. The number of rotatable bonds is 4. The summed E-state index contributed by atoms with van der Waals surface area (Å²) in [5.41, 5.74) is 2.01. The standard InChI is InChI=1S/C20H14O5/c21-20(22)16-6-1-2-7-17(16)25-15-5-3-4-13(10-15)14-8-9-18-19(11-14)24-12-23-18/h1-11H,12H2,(H,21,22). The Kier molecular flexibility index (Phi) is 3.74. The van der Waals surface area contributed by atoms with Crippen molar-refractivity contribution in [1.82, 2.24) is 0 Å². The van der Waals surface area contributed by atoms with E-state index < -0.39 is 5.97 Å². The highest BCUT2D eigenvalue weighted by Crippen LogP contribution is 2.37. The van der Waals surface area contributed by atoms with Crippen LogP contribution >= 0.6 is 0 Å². The Balaban J connectivity index is 1.65. The molecule has 0 saturated carbocycles. The summed E-state index contributed by atoms with van der Waals surface area (Å²) in [6.45, 7) is 0.230. The number of ether oxygens (including phenoxy) is 3. The molecule has 1 N–H and O–H groups in total. The first kappa shape index (κ1) is 15.1. The molecule has 0 radical (unpaired) electrons. The molecule has 3 aromatic rings. The Hall–Kier alpha value is -3.47. The number of benzene rings is 3. The molecule has 0 spiro atoms. The number of para-hydroxylation sites is 1. The second-order valence-corrected chi connectivity index (χ2v) is 5.50. The smallest absolute Gasteiger partial charge is 0.339 e. The van der Waals surface area contributed by atoms with E-state index in [0.29, 0.717) is 17.2 Å². The Labute approximate surface area is 144 Å². The van der Waals surface area contributed by atoms with E-state index >= 15 is 0 Å². The maximum Gasteiger partial charge on any atom is 0.339 e. The highest BCUT2D eigenvalue weighted by Gasteiger charge is 2.15. The summed E-state index contributed by atoms with van der Waals surface area (Å²) in [6.07, 6.45) is 0. The predicted octanol–water partition coefficient (Wildman–Crippen LogP) is 4.57. The number of carboxylic acid groups (broad SMARTS) is 1. The topological polar surface area (TPSA) is 65.0 Å². The summed E-state index contributed by atoms with van der Waals surface area (Å²) in [6, 6.07) is 19.7. The van der Waals surface area contributed by atoms with Crippen LogP contribution < -0.4 is 14.2 Å². The molecule has 5 nitrogen and oxygen atoms in total. The fourth-order valence-electron chi connectivity index (χ4n) is 2.67. The molecule has 1 aliphatic rings. The maximum atomic E-state index is 11.3. The summed E-state index contributed by atoms with van der Waals surface area (Å²) in [4.78, 5) is 11.3. The number of hydrogen-bond donors (Lipinski definition) is 1. The van der Waals surface area contributed by atoms with E-state index in [1.165, 1.54) is 6.07 Å². The summed E-state index contributed by atoms with van der Waals surface area (Å²) in [7, 11) is 0. The van der Waals surface area contributed by atoms with Gasteiger partial charge in [-0.2, -0.15) is 0 Å². The zero-order valence-electron chi connectivity index (χ0n) is 13.1. The molecule has 0 fully saturated rings. The number of carboxylic acids is 1. The Morgan fingerprint density at radius 3 is 2.56 bits per heavy atom. The van der Waals surface area contributed by atoms with Gasteiger partial charge in [-0.05, 0) is 47.5 Å². The molecule has 0 amide bonds. The summed E-state index contributed by atoms with van der Waals surface area (Å²) in [5.74, 6) is 1.27. The molecule has 3 aromatic carbocycles. The molecule has 0 saturated heterocycles. The minimum Gasteiger partial charge on any atom is -0.478 e. The van der Waals surface area contributed by atoms with E-state index in [1.54, 1.807) is 24.3 Å². The number of fused-ring (bicyclic) bond motifs is 1. The van der Waals surface area contributed by atoms with Gasteiger partial charge < -0.3 is 19.3 Å². The lowest BCUT2D eigenvalue weighted by Gasteiger charge is -2.10. The summed E-state index contributed by atoms with van der Waals surface area (Å²) < 4.78 is 16.5. The van der Waals surface area contributed by atoms with Crippen molar-refractivity contribution in [1.29, 1.82) is 0 Å². The first-order valence-corrected chi connectivity index (χ1v) is 7.71. The van der Waals surface area contributed by atoms with Crippen molar-refractivity contribution >= 4 is 5.97 Å². The van der Waals surface area contributed by atoms with Crippen molar-refractivity contribution in [2.24, 2.45) is 0 Å². The molecule has 0 unspecified atom stereocenters. The molecule has 0 aromatic heterocycles. The quantitative estimate of drug-likeness (QED) is 0.757. The van der Waals surface area contributed by atoms with E-state index in [0.717, 1.165) is 16.9 Å². The van der Waals surface area contributed by atoms with Gasteiger partial charge in [0.2, 0.25) is 6.79 Å². The SMILES string of the molecule is O=C(O)c1ccccc1Oc1cccc(-c2ccc3c(c2)OCO3)c1. The first-order chi connectivity index (χ1) is 12.2. The van der Waals surface area contributed by atoms with Crippen LogP contribution in [0.25, 0.3) is 11.1 Å². The van der Waals surface area contributed by atoms with Gasteiger partial charge in [0.1, 0.15) is 17.1 Å². The van der Waals surface area contributed by atoms with Gasteiger partial charge in [-0.25, -0.2) is 4.79 Å². The van der Waals surface area contributed by atoms with E-state index in [9.17, 15) is 9.90 Å². The van der Waals surface area contributed by atoms with Crippen molar-refractivity contribution in [2.75, 3.05) is 6.79 Å². The monoisotopic (exact) mass is 334 g/mol. The van der Waals surface area contributed by atoms with E-state index in [4.69, 9.17) is 14.2 Å². The highest BCUT2D eigenvalue weighted by atomic mass is 16.7. The molecule has 25 heavy (non-hydrogen) atoms. The maximum absolute atomic E-state index is 11.3. The number of aromatic carboxylic acids is 1. The lowest BCUT2D eigenvalue weighted by Crippen LogP contribution is -1.99. The van der Waals surface area contributed by atoms with Gasteiger partial charge in [-0.1, -0.05) is 30.3 Å². The molecule has 0 aliphatic carbocycles. The van der Waals surface area contributed by atoms with Crippen LogP contribution in [-0.2, 0) is 0 Å². The molecule has 124 valence electrons. The second-order valence-electron chi connectivity index (χ2n) is 5.50. The fraction of sp³-hybridized carbons (Fsp3) is 0.0500. The predicted molar refractivity (Wildman–Crippen MR) is 91.5 cm³/mol. The van der Waals surface area contributed by atoms with Gasteiger partial charge in [-0.3, -0.25) is 0 Å². The van der Waals surface area contributed by atoms with Gasteiger partial charge in [-0.15, -0.1) is 0 Å². The first-order valence-electron chi connectivity index (χ1n) is 7.71. The zero-order chi connectivity index (χ0) is 17.2. The van der Waals surface area contributed by atoms with Gasteiger partial charge in [0.15, 0.2) is 11.5 Å². The molecule has 5 heteroatoms. The van der Waals surface area contributed by atoms with Gasteiger partial charge in [0, 0.05) is 0 Å². The molecular weight excluding hydrogens is 320 g/mol. The lowest BCUT2D eigenvalue weighted by atomic mass is 10.0. The van der Waals surface area contributed by atoms with E-state index in [2.05, 4.69) is 0 Å². The van der Waals surface area contributed by atoms with Crippen LogP contribution in [0.4, 0.5) is 0 Å². The molecule has 1 aliphatic heterocycles. The Bertz CT molecular complexity index is 948. The van der Waals surface area contributed by atoms with Crippen molar-refractivity contribution in [2.45, 2.75) is 0 Å². The normalized spacial score (nSPS) is 12.0. The average Bonchev–Trinajstić information content (AvgIpc) is 3.10.